The van der Waals surface area contributed by atoms with Gasteiger partial charge in [0.05, 0.1) is 31.4 Å². The van der Waals surface area contributed by atoms with E-state index in [4.69, 9.17) is 5.73 Å². The normalized spacial score (nSPS) is 10.9. The number of aromatic nitrogens is 4. The highest BCUT2D eigenvalue weighted by Gasteiger charge is 2.20. The summed E-state index contributed by atoms with van der Waals surface area (Å²) in [6, 6.07) is 9.56. The van der Waals surface area contributed by atoms with Gasteiger partial charge in [-0.05, 0) is 71.7 Å². The van der Waals surface area contributed by atoms with E-state index in [0.29, 0.717) is 40.7 Å². The molecule has 0 spiro atoms. The van der Waals surface area contributed by atoms with Crippen molar-refractivity contribution in [3.05, 3.63) is 92.6 Å². The highest BCUT2D eigenvalue weighted by molar-refractivity contribution is 9.11. The molecular formula is C41H51BrN12O7S. The van der Waals surface area contributed by atoms with Gasteiger partial charge < -0.3 is 61.2 Å². The number of anilines is 4. The van der Waals surface area contributed by atoms with Crippen molar-refractivity contribution in [3.63, 3.8) is 0 Å². The van der Waals surface area contributed by atoms with Crippen LogP contribution in [0.15, 0.2) is 65.0 Å². The molecule has 5 aromatic heterocycles. The third kappa shape index (κ3) is 13.0. The molecule has 330 valence electrons. The van der Waals surface area contributed by atoms with Crippen LogP contribution in [0.25, 0.3) is 0 Å². The number of amides is 7. The second-order valence-electron chi connectivity index (χ2n) is 14.5. The first kappa shape index (κ1) is 46.6. The number of hydrogen-bond acceptors (Lipinski definition) is 9. The molecule has 0 saturated carbocycles. The van der Waals surface area contributed by atoms with E-state index in [9.17, 15) is 33.6 Å². The third-order valence-electron chi connectivity index (χ3n) is 9.53. The number of nitrogens with zero attached hydrogens (tertiary/aromatic N) is 4. The maximum absolute atomic E-state index is 13.2. The molecule has 0 saturated heterocycles. The first-order valence-electron chi connectivity index (χ1n) is 19.8. The zero-order valence-corrected chi connectivity index (χ0v) is 37.3. The van der Waals surface area contributed by atoms with Crippen molar-refractivity contribution >= 4 is 91.4 Å². The first-order chi connectivity index (χ1) is 29.6. The third-order valence-corrected chi connectivity index (χ3v) is 11.2. The summed E-state index contributed by atoms with van der Waals surface area (Å²) in [4.78, 5) is 90.1. The van der Waals surface area contributed by atoms with Gasteiger partial charge in [-0.25, -0.2) is 0 Å². The molecule has 0 aliphatic rings. The molecule has 19 nitrogen and oxygen atoms in total. The standard InChI is InChI=1S/C41H51BrN12O7S/c1-51-22-26(18-29(51)37(57)45-15-11-35(55)44-14-8-6-5-7-13-43)48-39(59)31-17-25(21-53(31)3)47-36(56)12-16-46-38(58)30-19-27(23-52(30)2)49-40(60)32-20-28(24-54(32)4)50-41(61)33-9-10-34(42)62-33/h9-10,17-24H,5-8,11-16,43H2,1-4H3,(H,44,55)(H,45,57)(H,46,58)(H,47,56)(H,48,59)(H,49,60)(H,50,61). The van der Waals surface area contributed by atoms with Crippen molar-refractivity contribution in [2.45, 2.75) is 38.5 Å². The minimum absolute atomic E-state index is 0.00503. The van der Waals surface area contributed by atoms with E-state index in [1.54, 1.807) is 89.4 Å². The molecule has 21 heteroatoms. The Labute approximate surface area is 370 Å². The van der Waals surface area contributed by atoms with Crippen molar-refractivity contribution in [2.24, 2.45) is 33.9 Å². The lowest BCUT2D eigenvalue weighted by Crippen LogP contribution is -2.31. The summed E-state index contributed by atoms with van der Waals surface area (Å²) >= 11 is 4.63. The van der Waals surface area contributed by atoms with Crippen LogP contribution in [0.1, 0.15) is 90.2 Å². The molecule has 0 aliphatic heterocycles. The Balaban J connectivity index is 1.04. The van der Waals surface area contributed by atoms with Gasteiger partial charge in [-0.15, -0.1) is 11.3 Å². The molecule has 0 radical (unpaired) electrons. The molecule has 0 aliphatic carbocycles. The van der Waals surface area contributed by atoms with Crippen LogP contribution >= 0.6 is 27.3 Å². The molecule has 5 aromatic rings. The van der Waals surface area contributed by atoms with Gasteiger partial charge in [-0.1, -0.05) is 12.8 Å². The first-order valence-corrected chi connectivity index (χ1v) is 21.4. The van der Waals surface area contributed by atoms with Crippen molar-refractivity contribution in [1.29, 1.82) is 0 Å². The van der Waals surface area contributed by atoms with Crippen molar-refractivity contribution in [1.82, 2.24) is 34.2 Å². The molecule has 0 atom stereocenters. The lowest BCUT2D eigenvalue weighted by Gasteiger charge is -2.07. The fourth-order valence-electron chi connectivity index (χ4n) is 6.38. The Morgan fingerprint density at radius 2 is 0.935 bits per heavy atom. The van der Waals surface area contributed by atoms with Crippen molar-refractivity contribution in [2.75, 3.05) is 47.4 Å². The van der Waals surface area contributed by atoms with Crippen LogP contribution < -0.4 is 43.0 Å². The van der Waals surface area contributed by atoms with E-state index in [-0.39, 0.29) is 60.5 Å². The molecule has 0 bridgehead atoms. The Bertz CT molecular complexity index is 2440. The summed E-state index contributed by atoms with van der Waals surface area (Å²) in [5, 5.41) is 19.3. The summed E-state index contributed by atoms with van der Waals surface area (Å²) in [5.41, 5.74) is 8.10. The Morgan fingerprint density at radius 3 is 1.39 bits per heavy atom. The predicted molar refractivity (Wildman–Crippen MR) is 241 cm³/mol. The second kappa shape index (κ2) is 21.9. The van der Waals surface area contributed by atoms with E-state index >= 15 is 0 Å². The van der Waals surface area contributed by atoms with Crippen LogP contribution in [0.2, 0.25) is 0 Å². The van der Waals surface area contributed by atoms with Crippen molar-refractivity contribution in [3.8, 4) is 0 Å². The topological polar surface area (TPSA) is 249 Å². The number of aryl methyl sites for hydroxylation is 4. The zero-order valence-electron chi connectivity index (χ0n) is 34.9. The maximum Gasteiger partial charge on any atom is 0.272 e. The van der Waals surface area contributed by atoms with E-state index < -0.39 is 29.5 Å². The van der Waals surface area contributed by atoms with Crippen LogP contribution in [0, 0.1) is 0 Å². The van der Waals surface area contributed by atoms with Gasteiger partial charge in [0.2, 0.25) is 11.8 Å². The fourth-order valence-corrected chi connectivity index (χ4v) is 7.66. The molecule has 7 amide bonds. The summed E-state index contributed by atoms with van der Waals surface area (Å²) in [6.45, 7) is 1.40. The average molecular weight is 936 g/mol. The summed E-state index contributed by atoms with van der Waals surface area (Å²) in [7, 11) is 6.63. The molecule has 5 rings (SSSR count). The minimum Gasteiger partial charge on any atom is -0.356 e. The van der Waals surface area contributed by atoms with Gasteiger partial charge >= 0.3 is 0 Å². The number of unbranched alkanes of at least 4 members (excludes halogenated alkanes) is 3. The summed E-state index contributed by atoms with van der Waals surface area (Å²) in [6.07, 6.45) is 10.3. The smallest absolute Gasteiger partial charge is 0.272 e. The van der Waals surface area contributed by atoms with E-state index in [0.717, 1.165) is 29.5 Å². The Hall–Kier alpha value is -6.45. The molecule has 5 heterocycles. The molecule has 9 N–H and O–H groups in total. The quantitative estimate of drug-likeness (QED) is 0.0496. The second-order valence-corrected chi connectivity index (χ2v) is 16.9. The SMILES string of the molecule is Cn1cc(NC(=O)c2cc(NC(=O)CCNC(=O)c3cc(NC(=O)c4cc(NC(=O)c5ccc(Br)s5)cn4C)cn3C)cn2C)cc1C(=O)NCCC(=O)NCCCCCCN. The molecule has 0 fully saturated rings. The van der Waals surface area contributed by atoms with Crippen LogP contribution in [0.3, 0.4) is 0 Å². The number of nitrogens with two attached hydrogens (primary N) is 1. The lowest BCUT2D eigenvalue weighted by molar-refractivity contribution is -0.121. The number of carbonyl (C=O) groups is 7. The van der Waals surface area contributed by atoms with Gasteiger partial charge in [0, 0.05) is 85.5 Å². The van der Waals surface area contributed by atoms with E-state index in [2.05, 4.69) is 53.1 Å². The number of hydrogen-bond donors (Lipinski definition) is 8. The lowest BCUT2D eigenvalue weighted by atomic mass is 10.2. The molecule has 0 unspecified atom stereocenters. The van der Waals surface area contributed by atoms with Crippen molar-refractivity contribution < 1.29 is 33.6 Å². The van der Waals surface area contributed by atoms with E-state index in [1.165, 1.54) is 29.5 Å². The van der Waals surface area contributed by atoms with Gasteiger partial charge in [-0.2, -0.15) is 0 Å². The monoisotopic (exact) mass is 934 g/mol. The van der Waals surface area contributed by atoms with Crippen LogP contribution in [-0.4, -0.2) is 85.8 Å². The highest BCUT2D eigenvalue weighted by atomic mass is 79.9. The minimum atomic E-state index is -0.476. The Kier molecular flexibility index (Phi) is 16.5. The average Bonchev–Trinajstić information content (AvgIpc) is 4.05. The van der Waals surface area contributed by atoms with Gasteiger partial charge in [0.25, 0.3) is 29.5 Å². The number of carbonyl (C=O) groups excluding carboxylic acids is 7. The van der Waals surface area contributed by atoms with Gasteiger partial charge in [0.15, 0.2) is 0 Å². The van der Waals surface area contributed by atoms with Crippen LogP contribution in [0.5, 0.6) is 0 Å². The zero-order chi connectivity index (χ0) is 44.9. The number of thiophene rings is 1. The summed E-state index contributed by atoms with van der Waals surface area (Å²) < 4.78 is 7.05. The van der Waals surface area contributed by atoms with E-state index in [1.807, 2.05) is 0 Å². The highest BCUT2D eigenvalue weighted by Crippen LogP contribution is 2.24. The molecule has 62 heavy (non-hydrogen) atoms. The molecule has 0 aromatic carbocycles. The largest absolute Gasteiger partial charge is 0.356 e. The summed E-state index contributed by atoms with van der Waals surface area (Å²) in [5.74, 6) is -2.64. The van der Waals surface area contributed by atoms with Crippen LogP contribution in [-0.2, 0) is 37.8 Å². The van der Waals surface area contributed by atoms with Gasteiger partial charge in [-0.3, -0.25) is 33.6 Å². The predicted octanol–water partition coefficient (Wildman–Crippen LogP) is 4.14. The van der Waals surface area contributed by atoms with Crippen LogP contribution in [0.4, 0.5) is 22.7 Å². The fraction of sp³-hybridized carbons (Fsp3) is 0.341. The number of halogens is 1. The number of rotatable bonds is 21. The molecular weight excluding hydrogens is 884 g/mol. The Morgan fingerprint density at radius 1 is 0.516 bits per heavy atom. The maximum atomic E-state index is 13.2. The number of nitrogens with one attached hydrogen (secondary N) is 7. The van der Waals surface area contributed by atoms with Gasteiger partial charge in [0.1, 0.15) is 22.8 Å².